The Bertz CT molecular complexity index is 1160. The minimum absolute atomic E-state index is 0.00345. The zero-order chi connectivity index (χ0) is 25.8. The number of ether oxygens (including phenoxy) is 1. The van der Waals surface area contributed by atoms with Gasteiger partial charge < -0.3 is 15.0 Å². The van der Waals surface area contributed by atoms with Crippen LogP contribution in [0.4, 0.5) is 0 Å². The Morgan fingerprint density at radius 2 is 1.80 bits per heavy atom. The Hall–Kier alpha value is -2.91. The molecule has 0 aromatic heterocycles. The van der Waals surface area contributed by atoms with Crippen LogP contribution < -0.4 is 10.1 Å². The highest BCUT2D eigenvalue weighted by Crippen LogP contribution is 2.27. The van der Waals surface area contributed by atoms with Gasteiger partial charge in [-0.2, -0.15) is 4.31 Å². The first-order valence-corrected chi connectivity index (χ1v) is 13.3. The van der Waals surface area contributed by atoms with Crippen molar-refractivity contribution >= 4 is 21.8 Å². The van der Waals surface area contributed by atoms with Crippen molar-refractivity contribution < 1.29 is 22.7 Å². The highest BCUT2D eigenvalue weighted by molar-refractivity contribution is 7.89. The van der Waals surface area contributed by atoms with Crippen LogP contribution in [0.2, 0.25) is 0 Å². The third-order valence-corrected chi connectivity index (χ3v) is 8.34. The minimum atomic E-state index is -3.98. The Morgan fingerprint density at radius 3 is 2.37 bits per heavy atom. The van der Waals surface area contributed by atoms with Gasteiger partial charge in [0.15, 0.2) is 0 Å². The second-order valence-electron chi connectivity index (χ2n) is 9.04. The molecular formula is C26H35N3O5S. The van der Waals surface area contributed by atoms with E-state index in [1.54, 1.807) is 19.2 Å². The lowest BCUT2D eigenvalue weighted by atomic mass is 10.0. The summed E-state index contributed by atoms with van der Waals surface area (Å²) in [4.78, 5) is 26.9. The standard InChI is InChI=1S/C26H35N3O5S/c1-6-21-15-23(11-12-25(21)34-5)35(32,33)29-14-13-28(19(4)30)17-24(29)26(31)27-16-20-7-9-22(10-8-20)18(2)3/h7-12,15,18,24H,6,13-14,16-17H2,1-5H3,(H,27,31)/t24-/m1/s1. The topological polar surface area (TPSA) is 96.0 Å². The van der Waals surface area contributed by atoms with Crippen molar-refractivity contribution in [3.63, 3.8) is 0 Å². The van der Waals surface area contributed by atoms with Gasteiger partial charge in [-0.25, -0.2) is 8.42 Å². The minimum Gasteiger partial charge on any atom is -0.496 e. The molecule has 0 aliphatic carbocycles. The third-order valence-electron chi connectivity index (χ3n) is 6.43. The molecule has 190 valence electrons. The summed E-state index contributed by atoms with van der Waals surface area (Å²) < 4.78 is 33.8. The number of carbonyl (C=O) groups excluding carboxylic acids is 2. The monoisotopic (exact) mass is 501 g/mol. The molecule has 35 heavy (non-hydrogen) atoms. The molecule has 0 bridgehead atoms. The fourth-order valence-corrected chi connectivity index (χ4v) is 5.83. The molecule has 0 unspecified atom stereocenters. The number of carbonyl (C=O) groups is 2. The summed E-state index contributed by atoms with van der Waals surface area (Å²) in [7, 11) is -2.44. The van der Waals surface area contributed by atoms with Gasteiger partial charge in [-0.1, -0.05) is 45.0 Å². The molecule has 1 aliphatic heterocycles. The highest BCUT2D eigenvalue weighted by atomic mass is 32.2. The van der Waals surface area contributed by atoms with Gasteiger partial charge in [0.1, 0.15) is 11.8 Å². The molecule has 8 nitrogen and oxygen atoms in total. The predicted molar refractivity (Wildman–Crippen MR) is 135 cm³/mol. The molecule has 2 amide bonds. The van der Waals surface area contributed by atoms with E-state index in [2.05, 4.69) is 19.2 Å². The van der Waals surface area contributed by atoms with Gasteiger partial charge in [-0.3, -0.25) is 9.59 Å². The highest BCUT2D eigenvalue weighted by Gasteiger charge is 2.40. The van der Waals surface area contributed by atoms with Crippen LogP contribution in [0.15, 0.2) is 47.4 Å². The Balaban J connectivity index is 1.85. The Kier molecular flexibility index (Phi) is 8.56. The molecule has 3 rings (SSSR count). The van der Waals surface area contributed by atoms with Gasteiger partial charge in [0.2, 0.25) is 21.8 Å². The number of hydrogen-bond acceptors (Lipinski definition) is 5. The van der Waals surface area contributed by atoms with E-state index < -0.39 is 22.0 Å². The largest absolute Gasteiger partial charge is 0.496 e. The normalized spacial score (nSPS) is 16.9. The molecule has 1 fully saturated rings. The lowest BCUT2D eigenvalue weighted by Crippen LogP contribution is -2.61. The van der Waals surface area contributed by atoms with Crippen LogP contribution >= 0.6 is 0 Å². The summed E-state index contributed by atoms with van der Waals surface area (Å²) in [5, 5.41) is 2.87. The smallest absolute Gasteiger partial charge is 0.243 e. The zero-order valence-corrected chi connectivity index (χ0v) is 21.9. The lowest BCUT2D eigenvalue weighted by Gasteiger charge is -2.39. The Morgan fingerprint density at radius 1 is 1.11 bits per heavy atom. The molecule has 2 aromatic carbocycles. The predicted octanol–water partition coefficient (Wildman–Crippen LogP) is 2.92. The average Bonchev–Trinajstić information content (AvgIpc) is 2.86. The van der Waals surface area contributed by atoms with E-state index in [0.29, 0.717) is 18.1 Å². The van der Waals surface area contributed by atoms with Crippen LogP contribution in [0.3, 0.4) is 0 Å². The SMILES string of the molecule is CCc1cc(S(=O)(=O)N2CCN(C(C)=O)C[C@@H]2C(=O)NCc2ccc(C(C)C)cc2)ccc1OC. The van der Waals surface area contributed by atoms with Crippen molar-refractivity contribution in [1.82, 2.24) is 14.5 Å². The molecule has 2 aromatic rings. The van der Waals surface area contributed by atoms with E-state index >= 15 is 0 Å². The molecule has 9 heteroatoms. The number of aryl methyl sites for hydroxylation is 1. The number of sulfonamides is 1. The van der Waals surface area contributed by atoms with Gasteiger partial charge in [0.25, 0.3) is 0 Å². The second kappa shape index (κ2) is 11.2. The summed E-state index contributed by atoms with van der Waals surface area (Å²) in [6.45, 7) is 8.11. The van der Waals surface area contributed by atoms with E-state index in [0.717, 1.165) is 11.1 Å². The van der Waals surface area contributed by atoms with Gasteiger partial charge in [-0.15, -0.1) is 0 Å². The van der Waals surface area contributed by atoms with Gasteiger partial charge in [-0.05, 0) is 47.2 Å². The van der Waals surface area contributed by atoms with Crippen molar-refractivity contribution in [2.75, 3.05) is 26.7 Å². The van der Waals surface area contributed by atoms with Gasteiger partial charge >= 0.3 is 0 Å². The number of rotatable bonds is 8. The number of piperazine rings is 1. The van der Waals surface area contributed by atoms with E-state index in [1.165, 1.54) is 27.8 Å². The van der Waals surface area contributed by atoms with E-state index in [9.17, 15) is 18.0 Å². The quantitative estimate of drug-likeness (QED) is 0.600. The van der Waals surface area contributed by atoms with Crippen LogP contribution in [0.1, 0.15) is 50.3 Å². The molecule has 0 spiro atoms. The van der Waals surface area contributed by atoms with Crippen molar-refractivity contribution in [1.29, 1.82) is 0 Å². The molecule has 1 aliphatic rings. The fourth-order valence-electron chi connectivity index (χ4n) is 4.21. The molecule has 0 radical (unpaired) electrons. The number of amides is 2. The molecule has 1 heterocycles. The number of benzene rings is 2. The second-order valence-corrected chi connectivity index (χ2v) is 10.9. The van der Waals surface area contributed by atoms with E-state index in [1.807, 2.05) is 31.2 Å². The van der Waals surface area contributed by atoms with Gasteiger partial charge in [0, 0.05) is 33.1 Å². The summed E-state index contributed by atoms with van der Waals surface area (Å²) >= 11 is 0. The number of nitrogens with one attached hydrogen (secondary N) is 1. The van der Waals surface area contributed by atoms with Crippen LogP contribution in [0.5, 0.6) is 5.75 Å². The zero-order valence-electron chi connectivity index (χ0n) is 21.1. The average molecular weight is 502 g/mol. The van der Waals surface area contributed by atoms with E-state index in [-0.39, 0.29) is 37.0 Å². The number of hydrogen-bond donors (Lipinski definition) is 1. The van der Waals surface area contributed by atoms with Crippen LogP contribution in [0, 0.1) is 0 Å². The maximum Gasteiger partial charge on any atom is 0.243 e. The summed E-state index contributed by atoms with van der Waals surface area (Å²) in [6.07, 6.45) is 0.601. The molecular weight excluding hydrogens is 466 g/mol. The molecule has 1 saturated heterocycles. The fraction of sp³-hybridized carbons (Fsp3) is 0.462. The maximum atomic E-state index is 13.6. The molecule has 1 N–H and O–H groups in total. The van der Waals surface area contributed by atoms with E-state index in [4.69, 9.17) is 4.74 Å². The molecule has 1 atom stereocenters. The lowest BCUT2D eigenvalue weighted by molar-refractivity contribution is -0.134. The number of methoxy groups -OCH3 is 1. The summed E-state index contributed by atoms with van der Waals surface area (Å²) in [5.74, 6) is 0.396. The maximum absolute atomic E-state index is 13.6. The van der Waals surface area contributed by atoms with Gasteiger partial charge in [0.05, 0.1) is 12.0 Å². The van der Waals surface area contributed by atoms with Crippen LogP contribution in [-0.2, 0) is 32.6 Å². The van der Waals surface area contributed by atoms with Crippen molar-refractivity contribution in [3.8, 4) is 5.75 Å². The first-order chi connectivity index (χ1) is 16.6. The van der Waals surface area contributed by atoms with Crippen molar-refractivity contribution in [2.45, 2.75) is 57.5 Å². The van der Waals surface area contributed by atoms with Crippen molar-refractivity contribution in [3.05, 3.63) is 59.2 Å². The third kappa shape index (κ3) is 6.02. The van der Waals surface area contributed by atoms with Crippen LogP contribution in [-0.4, -0.2) is 62.2 Å². The summed E-state index contributed by atoms with van der Waals surface area (Å²) in [6, 6.07) is 11.7. The first-order valence-electron chi connectivity index (χ1n) is 11.9. The van der Waals surface area contributed by atoms with Crippen molar-refractivity contribution in [2.24, 2.45) is 0 Å². The number of nitrogens with zero attached hydrogens (tertiary/aromatic N) is 2. The molecule has 0 saturated carbocycles. The summed E-state index contributed by atoms with van der Waals surface area (Å²) in [5.41, 5.74) is 2.88. The first kappa shape index (κ1) is 26.7. The Labute approximate surface area is 208 Å². The van der Waals surface area contributed by atoms with Crippen LogP contribution in [0.25, 0.3) is 0 Å².